The maximum Gasteiger partial charge on any atom is 0.231 e. The van der Waals surface area contributed by atoms with Crippen molar-refractivity contribution in [1.29, 1.82) is 0 Å². The molecule has 0 aliphatic carbocycles. The van der Waals surface area contributed by atoms with E-state index < -0.39 is 0 Å². The summed E-state index contributed by atoms with van der Waals surface area (Å²) < 4.78 is 10.8. The number of aliphatic imine (C=N–C) groups is 1. The number of nitrogens with zero attached hydrogens (tertiary/aromatic N) is 1. The van der Waals surface area contributed by atoms with Crippen LogP contribution in [0.25, 0.3) is 0 Å². The highest BCUT2D eigenvalue weighted by atomic mass is 16.7. The average Bonchev–Trinajstić information content (AvgIpc) is 3.10. The van der Waals surface area contributed by atoms with E-state index in [1.54, 1.807) is 7.05 Å². The molecule has 2 aromatic rings. The van der Waals surface area contributed by atoms with Crippen molar-refractivity contribution in [2.24, 2.45) is 4.99 Å². The van der Waals surface area contributed by atoms with Gasteiger partial charge >= 0.3 is 0 Å². The molecular formula is C20H25N3O2. The first-order valence-corrected chi connectivity index (χ1v) is 8.47. The van der Waals surface area contributed by atoms with Gasteiger partial charge in [0.2, 0.25) is 6.79 Å². The summed E-state index contributed by atoms with van der Waals surface area (Å²) in [6.07, 6.45) is 0. The standard InChI is InChI=1S/C20H25N3O2/c1-20(2,16-7-5-4-6-8-16)13-23-19(21-3)22-12-15-9-10-17-18(11-15)25-14-24-17/h4-11H,12-14H2,1-3H3,(H2,21,22,23). The van der Waals surface area contributed by atoms with Crippen molar-refractivity contribution in [3.63, 3.8) is 0 Å². The fourth-order valence-corrected chi connectivity index (χ4v) is 2.75. The Bertz CT molecular complexity index is 742. The number of guanidine groups is 1. The van der Waals surface area contributed by atoms with Crippen LogP contribution >= 0.6 is 0 Å². The van der Waals surface area contributed by atoms with Crippen LogP contribution in [0.3, 0.4) is 0 Å². The van der Waals surface area contributed by atoms with Crippen LogP contribution in [0.15, 0.2) is 53.5 Å². The Hall–Kier alpha value is -2.69. The van der Waals surface area contributed by atoms with E-state index in [1.165, 1.54) is 5.56 Å². The van der Waals surface area contributed by atoms with E-state index in [0.717, 1.165) is 29.6 Å². The van der Waals surface area contributed by atoms with Gasteiger partial charge in [0.05, 0.1) is 0 Å². The molecule has 1 aliphatic rings. The predicted octanol–water partition coefficient (Wildman–Crippen LogP) is 3.06. The molecule has 0 bridgehead atoms. The Morgan fingerprint density at radius 3 is 2.56 bits per heavy atom. The lowest BCUT2D eigenvalue weighted by Crippen LogP contribution is -2.43. The van der Waals surface area contributed by atoms with Gasteiger partial charge in [0.1, 0.15) is 0 Å². The zero-order valence-corrected chi connectivity index (χ0v) is 15.0. The Balaban J connectivity index is 1.55. The molecule has 0 radical (unpaired) electrons. The van der Waals surface area contributed by atoms with Crippen molar-refractivity contribution < 1.29 is 9.47 Å². The van der Waals surface area contributed by atoms with Crippen molar-refractivity contribution in [3.8, 4) is 11.5 Å². The summed E-state index contributed by atoms with van der Waals surface area (Å²) in [6.45, 7) is 6.20. The second kappa shape index (κ2) is 7.47. The Morgan fingerprint density at radius 2 is 1.80 bits per heavy atom. The number of nitrogens with one attached hydrogen (secondary N) is 2. The minimum absolute atomic E-state index is 0.0115. The van der Waals surface area contributed by atoms with Crippen molar-refractivity contribution in [2.45, 2.75) is 25.8 Å². The second-order valence-electron chi connectivity index (χ2n) is 6.72. The van der Waals surface area contributed by atoms with Crippen LogP contribution in [-0.4, -0.2) is 26.3 Å². The molecule has 0 amide bonds. The summed E-state index contributed by atoms with van der Waals surface area (Å²) in [7, 11) is 1.78. The summed E-state index contributed by atoms with van der Waals surface area (Å²) in [6, 6.07) is 16.5. The number of hydrogen-bond donors (Lipinski definition) is 2. The fraction of sp³-hybridized carbons (Fsp3) is 0.350. The Labute approximate surface area is 149 Å². The molecule has 0 fully saturated rings. The Kier molecular flexibility index (Phi) is 5.12. The molecule has 0 saturated carbocycles. The number of rotatable bonds is 5. The van der Waals surface area contributed by atoms with E-state index in [0.29, 0.717) is 13.3 Å². The van der Waals surface area contributed by atoms with Crippen LogP contribution in [0.2, 0.25) is 0 Å². The van der Waals surface area contributed by atoms with Gasteiger partial charge < -0.3 is 20.1 Å². The predicted molar refractivity (Wildman–Crippen MR) is 100 cm³/mol. The first kappa shape index (κ1) is 17.1. The maximum absolute atomic E-state index is 5.42. The first-order valence-electron chi connectivity index (χ1n) is 8.47. The van der Waals surface area contributed by atoms with Gasteiger partial charge in [0, 0.05) is 25.6 Å². The van der Waals surface area contributed by atoms with E-state index in [-0.39, 0.29) is 5.41 Å². The molecule has 2 aromatic carbocycles. The molecule has 3 rings (SSSR count). The highest BCUT2D eigenvalue weighted by molar-refractivity contribution is 5.79. The number of hydrogen-bond acceptors (Lipinski definition) is 3. The molecule has 0 unspecified atom stereocenters. The van der Waals surface area contributed by atoms with Gasteiger partial charge in [-0.1, -0.05) is 50.2 Å². The van der Waals surface area contributed by atoms with E-state index >= 15 is 0 Å². The molecule has 0 saturated heterocycles. The SMILES string of the molecule is CN=C(NCc1ccc2c(c1)OCO2)NCC(C)(C)c1ccccc1. The van der Waals surface area contributed by atoms with Crippen LogP contribution in [0.4, 0.5) is 0 Å². The number of benzene rings is 2. The molecule has 0 aromatic heterocycles. The van der Waals surface area contributed by atoms with Crippen molar-refractivity contribution in [2.75, 3.05) is 20.4 Å². The second-order valence-corrected chi connectivity index (χ2v) is 6.72. The molecular weight excluding hydrogens is 314 g/mol. The molecule has 5 heteroatoms. The minimum atomic E-state index is 0.0115. The van der Waals surface area contributed by atoms with Gasteiger partial charge in [0.15, 0.2) is 17.5 Å². The summed E-state index contributed by atoms with van der Waals surface area (Å²) >= 11 is 0. The third kappa shape index (κ3) is 4.24. The zero-order valence-electron chi connectivity index (χ0n) is 15.0. The summed E-state index contributed by atoms with van der Waals surface area (Å²) in [5.41, 5.74) is 2.43. The van der Waals surface area contributed by atoms with Crippen LogP contribution in [-0.2, 0) is 12.0 Å². The van der Waals surface area contributed by atoms with Crippen LogP contribution in [0.1, 0.15) is 25.0 Å². The van der Waals surface area contributed by atoms with Gasteiger partial charge in [-0.2, -0.15) is 0 Å². The van der Waals surface area contributed by atoms with Gasteiger partial charge in [-0.05, 0) is 23.3 Å². The third-order valence-electron chi connectivity index (χ3n) is 4.37. The lowest BCUT2D eigenvalue weighted by atomic mass is 9.85. The molecule has 5 nitrogen and oxygen atoms in total. The summed E-state index contributed by atoms with van der Waals surface area (Å²) in [5.74, 6) is 2.38. The molecule has 0 spiro atoms. The number of ether oxygens (including phenoxy) is 2. The summed E-state index contributed by atoms with van der Waals surface area (Å²) in [4.78, 5) is 4.31. The van der Waals surface area contributed by atoms with Crippen LogP contribution < -0.4 is 20.1 Å². The fourth-order valence-electron chi connectivity index (χ4n) is 2.75. The largest absolute Gasteiger partial charge is 0.454 e. The van der Waals surface area contributed by atoms with Gasteiger partial charge in [0.25, 0.3) is 0 Å². The zero-order chi connectivity index (χ0) is 17.7. The van der Waals surface area contributed by atoms with E-state index in [2.05, 4.69) is 53.7 Å². The third-order valence-corrected chi connectivity index (χ3v) is 4.37. The quantitative estimate of drug-likeness (QED) is 0.649. The van der Waals surface area contributed by atoms with Crippen LogP contribution in [0, 0.1) is 0 Å². The molecule has 0 atom stereocenters. The molecule has 1 heterocycles. The van der Waals surface area contributed by atoms with Crippen molar-refractivity contribution in [3.05, 3.63) is 59.7 Å². The smallest absolute Gasteiger partial charge is 0.231 e. The highest BCUT2D eigenvalue weighted by Gasteiger charge is 2.20. The van der Waals surface area contributed by atoms with Crippen LogP contribution in [0.5, 0.6) is 11.5 Å². The van der Waals surface area contributed by atoms with E-state index in [1.807, 2.05) is 24.3 Å². The van der Waals surface area contributed by atoms with Gasteiger partial charge in [-0.3, -0.25) is 4.99 Å². The monoisotopic (exact) mass is 339 g/mol. The average molecular weight is 339 g/mol. The van der Waals surface area contributed by atoms with Gasteiger partial charge in [-0.15, -0.1) is 0 Å². The van der Waals surface area contributed by atoms with E-state index in [4.69, 9.17) is 9.47 Å². The van der Waals surface area contributed by atoms with Crippen molar-refractivity contribution >= 4 is 5.96 Å². The number of fused-ring (bicyclic) bond motifs is 1. The highest BCUT2D eigenvalue weighted by Crippen LogP contribution is 2.32. The topological polar surface area (TPSA) is 54.9 Å². The maximum atomic E-state index is 5.42. The minimum Gasteiger partial charge on any atom is -0.454 e. The molecule has 2 N–H and O–H groups in total. The lowest BCUT2D eigenvalue weighted by molar-refractivity contribution is 0.174. The Morgan fingerprint density at radius 1 is 1.04 bits per heavy atom. The van der Waals surface area contributed by atoms with E-state index in [9.17, 15) is 0 Å². The first-order chi connectivity index (χ1) is 12.1. The van der Waals surface area contributed by atoms with Crippen molar-refractivity contribution in [1.82, 2.24) is 10.6 Å². The summed E-state index contributed by atoms with van der Waals surface area (Å²) in [5, 5.41) is 6.76. The lowest BCUT2D eigenvalue weighted by Gasteiger charge is -2.26. The molecule has 1 aliphatic heterocycles. The normalized spacial score (nSPS) is 13.6. The molecule has 132 valence electrons. The van der Waals surface area contributed by atoms with Gasteiger partial charge in [-0.25, -0.2) is 0 Å². The molecule has 25 heavy (non-hydrogen) atoms.